The van der Waals surface area contributed by atoms with Crippen molar-refractivity contribution in [1.29, 1.82) is 0 Å². The number of phenolic OH excluding ortho intramolecular Hbond substituents is 2. The highest BCUT2D eigenvalue weighted by atomic mass is 16.5. The van der Waals surface area contributed by atoms with Gasteiger partial charge in [0.1, 0.15) is 35.7 Å². The van der Waals surface area contributed by atoms with Crippen molar-refractivity contribution < 1.29 is 23.8 Å². The van der Waals surface area contributed by atoms with E-state index in [1.807, 2.05) is 24.3 Å². The first-order chi connectivity index (χ1) is 18.1. The van der Waals surface area contributed by atoms with Crippen LogP contribution in [0.5, 0.6) is 23.0 Å². The van der Waals surface area contributed by atoms with E-state index >= 15 is 0 Å². The first-order valence-electron chi connectivity index (χ1n) is 13.6. The average molecular weight is 475 g/mol. The van der Waals surface area contributed by atoms with E-state index in [4.69, 9.17) is 13.6 Å². The molecule has 3 aromatic carbocycles. The van der Waals surface area contributed by atoms with Gasteiger partial charge in [0.15, 0.2) is 0 Å². The number of hydrogen-bond acceptors (Lipinski definition) is 5. The number of phenols is 2. The molecule has 2 N–H and O–H groups in total. The van der Waals surface area contributed by atoms with Crippen molar-refractivity contribution in [3.8, 4) is 23.0 Å². The first-order valence-corrected chi connectivity index (χ1v) is 12.1. The Morgan fingerprint density at radius 3 is 2.60 bits per heavy atom. The topological polar surface area (TPSA) is 62.2 Å². The van der Waals surface area contributed by atoms with Gasteiger partial charge in [0, 0.05) is 27.8 Å². The van der Waals surface area contributed by atoms with Gasteiger partial charge >= 0.3 is 0 Å². The van der Waals surface area contributed by atoms with Gasteiger partial charge in [0.25, 0.3) is 0 Å². The summed E-state index contributed by atoms with van der Waals surface area (Å²) in [7, 11) is 0. The monoisotopic (exact) mass is 474 g/mol. The molecule has 3 aromatic rings. The SMILES string of the molecule is [2H]C([2H])([2H])C1=C(c2cccc(O)c2)C(c2ccc(OC[C@H](C)N3CC[C@@H](C)C3)cc2)Oc2ccc(O)cc21. The molecule has 0 amide bonds. The second-order valence-corrected chi connectivity index (χ2v) is 9.64. The minimum Gasteiger partial charge on any atom is -0.508 e. The number of rotatable bonds is 6. The van der Waals surface area contributed by atoms with E-state index in [0.29, 0.717) is 35.1 Å². The number of allylic oxidation sites excluding steroid dienone is 1. The van der Waals surface area contributed by atoms with Crippen molar-refractivity contribution in [2.45, 2.75) is 39.3 Å². The lowest BCUT2D eigenvalue weighted by Crippen LogP contribution is -2.35. The molecule has 1 unspecified atom stereocenters. The van der Waals surface area contributed by atoms with Crippen molar-refractivity contribution in [3.63, 3.8) is 0 Å². The van der Waals surface area contributed by atoms with Gasteiger partial charge in [-0.1, -0.05) is 31.2 Å². The lowest BCUT2D eigenvalue weighted by Gasteiger charge is -2.31. The normalized spacial score (nSPS) is 22.5. The van der Waals surface area contributed by atoms with E-state index in [9.17, 15) is 10.2 Å². The van der Waals surface area contributed by atoms with Crippen LogP contribution in [0.2, 0.25) is 0 Å². The van der Waals surface area contributed by atoms with Gasteiger partial charge in [-0.3, -0.25) is 4.90 Å². The van der Waals surface area contributed by atoms with Crippen LogP contribution in [0, 0.1) is 5.92 Å². The van der Waals surface area contributed by atoms with Crippen molar-refractivity contribution in [2.75, 3.05) is 19.7 Å². The zero-order valence-corrected chi connectivity index (χ0v) is 20.1. The van der Waals surface area contributed by atoms with Crippen LogP contribution in [0.4, 0.5) is 0 Å². The summed E-state index contributed by atoms with van der Waals surface area (Å²) in [6, 6.07) is 18.8. The van der Waals surface area contributed by atoms with E-state index in [-0.39, 0.29) is 17.1 Å². The Morgan fingerprint density at radius 2 is 1.89 bits per heavy atom. The Morgan fingerprint density at radius 1 is 1.09 bits per heavy atom. The third-order valence-electron chi connectivity index (χ3n) is 6.92. The van der Waals surface area contributed by atoms with Crippen LogP contribution in [0.3, 0.4) is 0 Å². The summed E-state index contributed by atoms with van der Waals surface area (Å²) in [6.07, 6.45) is 0.472. The van der Waals surface area contributed by atoms with Crippen LogP contribution in [0.15, 0.2) is 66.7 Å². The summed E-state index contributed by atoms with van der Waals surface area (Å²) in [5.41, 5.74) is 2.09. The molecule has 1 fully saturated rings. The highest BCUT2D eigenvalue weighted by Crippen LogP contribution is 2.47. The largest absolute Gasteiger partial charge is 0.508 e. The summed E-state index contributed by atoms with van der Waals surface area (Å²) in [6.45, 7) is 4.73. The van der Waals surface area contributed by atoms with Crippen molar-refractivity contribution in [2.24, 2.45) is 5.92 Å². The molecule has 5 nitrogen and oxygen atoms in total. The smallest absolute Gasteiger partial charge is 0.150 e. The maximum Gasteiger partial charge on any atom is 0.150 e. The number of ether oxygens (including phenoxy) is 2. The number of hydrogen-bond donors (Lipinski definition) is 2. The molecule has 5 rings (SSSR count). The fraction of sp³-hybridized carbons (Fsp3) is 0.333. The number of aromatic hydroxyl groups is 2. The maximum absolute atomic E-state index is 10.2. The predicted octanol–water partition coefficient (Wildman–Crippen LogP) is 6.27. The Bertz CT molecular complexity index is 1340. The average Bonchev–Trinajstić information content (AvgIpc) is 3.32. The second kappa shape index (κ2) is 9.67. The van der Waals surface area contributed by atoms with Crippen molar-refractivity contribution in [1.82, 2.24) is 4.90 Å². The maximum atomic E-state index is 10.2. The van der Waals surface area contributed by atoms with Gasteiger partial charge in [-0.2, -0.15) is 0 Å². The first kappa shape index (κ1) is 19.8. The lowest BCUT2D eigenvalue weighted by molar-refractivity contribution is 0.169. The molecule has 3 atom stereocenters. The molecule has 0 radical (unpaired) electrons. The molecular formula is C30H33NO4. The standard InChI is InChI=1S/C30H33NO4/c1-19-13-14-31(17-19)20(2)18-34-26-10-7-22(8-11-26)30-29(23-5-4-6-24(32)15-23)21(3)27-16-25(33)9-12-28(27)35-30/h4-12,15-16,19-20,30,32-33H,13-14,17-18H2,1-3H3/t19-,20+,30?/m1/s1/i3D3. The minimum absolute atomic E-state index is 0.0191. The highest BCUT2D eigenvalue weighted by molar-refractivity contribution is 5.95. The molecule has 0 bridgehead atoms. The van der Waals surface area contributed by atoms with E-state index in [1.54, 1.807) is 18.2 Å². The highest BCUT2D eigenvalue weighted by Gasteiger charge is 2.30. The predicted molar refractivity (Wildman–Crippen MR) is 139 cm³/mol. The Kier molecular flexibility index (Phi) is 5.47. The Balaban J connectivity index is 1.50. The summed E-state index contributed by atoms with van der Waals surface area (Å²) < 4.78 is 37.6. The quantitative estimate of drug-likeness (QED) is 0.441. The zero-order valence-electron chi connectivity index (χ0n) is 23.1. The molecule has 0 saturated carbocycles. The van der Waals surface area contributed by atoms with Crippen molar-refractivity contribution >= 4 is 11.1 Å². The third-order valence-corrected chi connectivity index (χ3v) is 6.92. The summed E-state index contributed by atoms with van der Waals surface area (Å²) in [5.74, 6) is 1.78. The van der Waals surface area contributed by atoms with Gasteiger partial charge in [0.05, 0.1) is 0 Å². The van der Waals surface area contributed by atoms with Crippen LogP contribution in [0.25, 0.3) is 11.1 Å². The van der Waals surface area contributed by atoms with E-state index in [0.717, 1.165) is 30.3 Å². The number of fused-ring (bicyclic) bond motifs is 1. The molecule has 5 heteroatoms. The van der Waals surface area contributed by atoms with Crippen LogP contribution >= 0.6 is 0 Å². The number of likely N-dealkylation sites (tertiary alicyclic amines) is 1. The molecule has 2 aliphatic heterocycles. The van der Waals surface area contributed by atoms with Gasteiger partial charge in [-0.05, 0) is 91.8 Å². The fourth-order valence-corrected chi connectivity index (χ4v) is 4.91. The molecule has 0 spiro atoms. The molecule has 1 saturated heterocycles. The Labute approximate surface area is 211 Å². The van der Waals surface area contributed by atoms with Gasteiger partial charge in [0.2, 0.25) is 0 Å². The third kappa shape index (κ3) is 4.87. The summed E-state index contributed by atoms with van der Waals surface area (Å²) in [4.78, 5) is 2.45. The Hall–Kier alpha value is -3.44. The summed E-state index contributed by atoms with van der Waals surface area (Å²) >= 11 is 0. The van der Waals surface area contributed by atoms with Crippen LogP contribution in [-0.4, -0.2) is 40.9 Å². The molecule has 35 heavy (non-hydrogen) atoms. The molecular weight excluding hydrogens is 438 g/mol. The van der Waals surface area contributed by atoms with Crippen molar-refractivity contribution in [3.05, 3.63) is 83.4 Å². The number of nitrogens with zero attached hydrogens (tertiary/aromatic N) is 1. The van der Waals surface area contributed by atoms with E-state index < -0.39 is 13.0 Å². The molecule has 2 aliphatic rings. The molecule has 0 aliphatic carbocycles. The van der Waals surface area contributed by atoms with Gasteiger partial charge in [-0.15, -0.1) is 0 Å². The molecule has 2 heterocycles. The number of benzene rings is 3. The fourth-order valence-electron chi connectivity index (χ4n) is 4.91. The molecule has 182 valence electrons. The second-order valence-electron chi connectivity index (χ2n) is 9.64. The zero-order chi connectivity index (χ0) is 27.0. The minimum atomic E-state index is -2.50. The van der Waals surface area contributed by atoms with Crippen LogP contribution in [0.1, 0.15) is 54.0 Å². The van der Waals surface area contributed by atoms with E-state index in [1.165, 1.54) is 30.7 Å². The molecule has 0 aromatic heterocycles. The van der Waals surface area contributed by atoms with E-state index in [2.05, 4.69) is 18.7 Å². The van der Waals surface area contributed by atoms with Gasteiger partial charge < -0.3 is 19.7 Å². The van der Waals surface area contributed by atoms with Crippen LogP contribution < -0.4 is 9.47 Å². The van der Waals surface area contributed by atoms with Gasteiger partial charge in [-0.25, -0.2) is 0 Å². The summed E-state index contributed by atoms with van der Waals surface area (Å²) in [5, 5.41) is 20.3. The van der Waals surface area contributed by atoms with Crippen LogP contribution in [-0.2, 0) is 0 Å². The lowest BCUT2D eigenvalue weighted by atomic mass is 9.86.